The second-order valence-corrected chi connectivity index (χ2v) is 8.58. The molecule has 7 heteroatoms. The Balaban J connectivity index is 2.22. The van der Waals surface area contributed by atoms with Crippen molar-refractivity contribution in [2.24, 2.45) is 0 Å². The molecule has 2 N–H and O–H groups in total. The van der Waals surface area contributed by atoms with Crippen LogP contribution in [0.2, 0.25) is 0 Å². The number of methoxy groups -OCH3 is 1. The third-order valence-electron chi connectivity index (χ3n) is 4.14. The molecule has 0 aromatic heterocycles. The van der Waals surface area contributed by atoms with E-state index < -0.39 is 10.0 Å². The van der Waals surface area contributed by atoms with Gasteiger partial charge in [0.05, 0.1) is 7.11 Å². The Morgan fingerprint density at radius 2 is 1.79 bits per heavy atom. The SMILES string of the molecule is CCCCc1ccc(NC(=O)c2ccc(OC)c(S(=O)(=O)NC(C)C)c2)cc1. The largest absolute Gasteiger partial charge is 0.495 e. The highest BCUT2D eigenvalue weighted by Gasteiger charge is 2.22. The van der Waals surface area contributed by atoms with Gasteiger partial charge in [0.25, 0.3) is 5.91 Å². The number of rotatable bonds is 9. The highest BCUT2D eigenvalue weighted by atomic mass is 32.2. The van der Waals surface area contributed by atoms with Gasteiger partial charge in [-0.2, -0.15) is 0 Å². The summed E-state index contributed by atoms with van der Waals surface area (Å²) >= 11 is 0. The number of hydrogen-bond donors (Lipinski definition) is 2. The van der Waals surface area contributed by atoms with E-state index in [4.69, 9.17) is 4.74 Å². The molecular formula is C21H28N2O4S. The van der Waals surface area contributed by atoms with Gasteiger partial charge in [-0.25, -0.2) is 13.1 Å². The Bertz CT molecular complexity index is 907. The molecule has 0 radical (unpaired) electrons. The van der Waals surface area contributed by atoms with E-state index in [1.807, 2.05) is 24.3 Å². The number of sulfonamides is 1. The topological polar surface area (TPSA) is 84.5 Å². The average Bonchev–Trinajstić information content (AvgIpc) is 2.66. The van der Waals surface area contributed by atoms with E-state index in [0.29, 0.717) is 5.69 Å². The molecule has 0 unspecified atom stereocenters. The van der Waals surface area contributed by atoms with Gasteiger partial charge in [0.15, 0.2) is 0 Å². The van der Waals surface area contributed by atoms with Gasteiger partial charge in [-0.15, -0.1) is 0 Å². The van der Waals surface area contributed by atoms with Crippen molar-refractivity contribution in [3.8, 4) is 5.75 Å². The minimum atomic E-state index is -3.80. The first-order chi connectivity index (χ1) is 13.3. The molecule has 0 fully saturated rings. The first-order valence-electron chi connectivity index (χ1n) is 9.37. The van der Waals surface area contributed by atoms with Gasteiger partial charge in [0.1, 0.15) is 10.6 Å². The summed E-state index contributed by atoms with van der Waals surface area (Å²) in [6.45, 7) is 5.60. The Labute approximate surface area is 167 Å². The van der Waals surface area contributed by atoms with Crippen molar-refractivity contribution in [3.05, 3.63) is 53.6 Å². The van der Waals surface area contributed by atoms with Crippen molar-refractivity contribution in [2.45, 2.75) is 51.0 Å². The number of carbonyl (C=O) groups is 1. The van der Waals surface area contributed by atoms with Crippen molar-refractivity contribution in [1.29, 1.82) is 0 Å². The van der Waals surface area contributed by atoms with Gasteiger partial charge >= 0.3 is 0 Å². The first-order valence-corrected chi connectivity index (χ1v) is 10.9. The number of nitrogens with one attached hydrogen (secondary N) is 2. The van der Waals surface area contributed by atoms with Crippen LogP contribution in [0.3, 0.4) is 0 Å². The Morgan fingerprint density at radius 3 is 2.36 bits per heavy atom. The van der Waals surface area contributed by atoms with Crippen LogP contribution >= 0.6 is 0 Å². The smallest absolute Gasteiger partial charge is 0.255 e. The van der Waals surface area contributed by atoms with Gasteiger partial charge < -0.3 is 10.1 Å². The van der Waals surface area contributed by atoms with E-state index >= 15 is 0 Å². The zero-order chi connectivity index (χ0) is 20.7. The molecule has 0 aliphatic heterocycles. The number of benzene rings is 2. The molecule has 1 amide bonds. The monoisotopic (exact) mass is 404 g/mol. The number of unbranched alkanes of at least 4 members (excludes halogenated alkanes) is 1. The summed E-state index contributed by atoms with van der Waals surface area (Å²) in [4.78, 5) is 12.5. The summed E-state index contributed by atoms with van der Waals surface area (Å²) in [5, 5.41) is 2.80. The molecule has 28 heavy (non-hydrogen) atoms. The molecule has 0 saturated carbocycles. The Kier molecular flexibility index (Phi) is 7.60. The van der Waals surface area contributed by atoms with Crippen LogP contribution in [0.25, 0.3) is 0 Å². The van der Waals surface area contributed by atoms with E-state index in [0.717, 1.165) is 19.3 Å². The molecule has 0 bridgehead atoms. The summed E-state index contributed by atoms with van der Waals surface area (Å²) in [6, 6.07) is 11.8. The van der Waals surface area contributed by atoms with Crippen LogP contribution in [0.4, 0.5) is 5.69 Å². The number of hydrogen-bond acceptors (Lipinski definition) is 4. The number of carbonyl (C=O) groups excluding carboxylic acids is 1. The van der Waals surface area contributed by atoms with Crippen molar-refractivity contribution in [2.75, 3.05) is 12.4 Å². The number of amides is 1. The third kappa shape index (κ3) is 5.81. The van der Waals surface area contributed by atoms with Crippen molar-refractivity contribution in [3.63, 3.8) is 0 Å². The van der Waals surface area contributed by atoms with Gasteiger partial charge in [0, 0.05) is 17.3 Å². The van der Waals surface area contributed by atoms with Crippen molar-refractivity contribution < 1.29 is 17.9 Å². The zero-order valence-electron chi connectivity index (χ0n) is 16.8. The molecule has 2 aromatic rings. The lowest BCUT2D eigenvalue weighted by Crippen LogP contribution is -2.30. The molecule has 2 aromatic carbocycles. The van der Waals surface area contributed by atoms with E-state index in [1.54, 1.807) is 13.8 Å². The van der Waals surface area contributed by atoms with Crippen LogP contribution in [0.1, 0.15) is 49.5 Å². The molecule has 152 valence electrons. The fourth-order valence-electron chi connectivity index (χ4n) is 2.74. The second-order valence-electron chi connectivity index (χ2n) is 6.90. The van der Waals surface area contributed by atoms with E-state index in [9.17, 15) is 13.2 Å². The minimum absolute atomic E-state index is 0.0636. The lowest BCUT2D eigenvalue weighted by atomic mass is 10.1. The van der Waals surface area contributed by atoms with Crippen LogP contribution in [-0.2, 0) is 16.4 Å². The molecular weight excluding hydrogens is 376 g/mol. The summed E-state index contributed by atoms with van der Waals surface area (Å²) < 4.78 is 32.8. The van der Waals surface area contributed by atoms with Gasteiger partial charge in [-0.3, -0.25) is 4.79 Å². The van der Waals surface area contributed by atoms with Gasteiger partial charge in [-0.1, -0.05) is 25.5 Å². The van der Waals surface area contributed by atoms with Crippen molar-refractivity contribution >= 4 is 21.6 Å². The standard InChI is InChI=1S/C21H28N2O4S/c1-5-6-7-16-8-11-18(12-9-16)22-21(24)17-10-13-19(27-4)20(14-17)28(25,26)23-15(2)3/h8-15,23H,5-7H2,1-4H3,(H,22,24). The summed E-state index contributed by atoms with van der Waals surface area (Å²) in [5.74, 6) is -0.199. The zero-order valence-corrected chi connectivity index (χ0v) is 17.6. The van der Waals surface area contributed by atoms with E-state index in [-0.39, 0.29) is 28.2 Å². The van der Waals surface area contributed by atoms with Crippen LogP contribution in [0.5, 0.6) is 5.75 Å². The molecule has 6 nitrogen and oxygen atoms in total. The lowest BCUT2D eigenvalue weighted by Gasteiger charge is -2.14. The third-order valence-corrected chi connectivity index (χ3v) is 5.82. The molecule has 0 spiro atoms. The average molecular weight is 405 g/mol. The number of aryl methyl sites for hydroxylation is 1. The maximum absolute atomic E-state index is 12.6. The van der Waals surface area contributed by atoms with Crippen LogP contribution in [0, 0.1) is 0 Å². The highest BCUT2D eigenvalue weighted by molar-refractivity contribution is 7.89. The van der Waals surface area contributed by atoms with E-state index in [1.165, 1.54) is 30.9 Å². The molecule has 0 heterocycles. The normalized spacial score (nSPS) is 11.5. The summed E-state index contributed by atoms with van der Waals surface area (Å²) in [5.41, 5.74) is 2.11. The fraction of sp³-hybridized carbons (Fsp3) is 0.381. The van der Waals surface area contributed by atoms with Crippen LogP contribution in [0.15, 0.2) is 47.4 Å². The maximum Gasteiger partial charge on any atom is 0.255 e. The van der Waals surface area contributed by atoms with Crippen molar-refractivity contribution in [1.82, 2.24) is 4.72 Å². The molecule has 0 aliphatic rings. The lowest BCUT2D eigenvalue weighted by molar-refractivity contribution is 0.102. The predicted molar refractivity (Wildman–Crippen MR) is 111 cm³/mol. The molecule has 2 rings (SSSR count). The molecule has 0 aliphatic carbocycles. The highest BCUT2D eigenvalue weighted by Crippen LogP contribution is 2.25. The number of anilines is 1. The van der Waals surface area contributed by atoms with Gasteiger partial charge in [-0.05, 0) is 62.6 Å². The quantitative estimate of drug-likeness (QED) is 0.662. The molecule has 0 atom stereocenters. The van der Waals surface area contributed by atoms with Crippen LogP contribution in [-0.4, -0.2) is 27.5 Å². The summed E-state index contributed by atoms with van der Waals surface area (Å²) in [7, 11) is -2.41. The van der Waals surface area contributed by atoms with Crippen LogP contribution < -0.4 is 14.8 Å². The maximum atomic E-state index is 12.6. The number of ether oxygens (including phenoxy) is 1. The Hall–Kier alpha value is -2.38. The Morgan fingerprint density at radius 1 is 1.11 bits per heavy atom. The minimum Gasteiger partial charge on any atom is -0.495 e. The second kappa shape index (κ2) is 9.71. The summed E-state index contributed by atoms with van der Waals surface area (Å²) in [6.07, 6.45) is 3.26. The predicted octanol–water partition coefficient (Wildman–Crippen LogP) is 3.98. The molecule has 0 saturated heterocycles. The fourth-order valence-corrected chi connectivity index (χ4v) is 4.19. The van der Waals surface area contributed by atoms with Gasteiger partial charge in [0.2, 0.25) is 10.0 Å². The van der Waals surface area contributed by atoms with E-state index in [2.05, 4.69) is 17.0 Å². The first kappa shape index (κ1) is 21.9.